The number of hydrogen-bond acceptors (Lipinski definition) is 9. The first-order valence-electron chi connectivity index (χ1n) is 15.3. The molecule has 0 saturated carbocycles. The predicted octanol–water partition coefficient (Wildman–Crippen LogP) is 6.29. The van der Waals surface area contributed by atoms with E-state index >= 15 is 4.39 Å². The normalized spacial score (nSPS) is 21.4. The number of nitrogens with two attached hydrogens (primary N) is 1. The molecule has 258 valence electrons. The molecule has 2 saturated heterocycles. The number of halogens is 6. The minimum atomic E-state index is -5.13. The van der Waals surface area contributed by atoms with Crippen LogP contribution in [0.2, 0.25) is 0 Å². The van der Waals surface area contributed by atoms with Crippen molar-refractivity contribution in [1.29, 1.82) is 5.26 Å². The number of amides is 1. The van der Waals surface area contributed by atoms with Gasteiger partial charge >= 0.3 is 12.2 Å². The minimum absolute atomic E-state index is 0.0829. The first-order valence-corrected chi connectivity index (χ1v) is 16.1. The summed E-state index contributed by atoms with van der Waals surface area (Å²) >= 11 is 0.667. The van der Waals surface area contributed by atoms with E-state index in [0.29, 0.717) is 24.3 Å². The summed E-state index contributed by atoms with van der Waals surface area (Å²) < 4.78 is 96.4. The summed E-state index contributed by atoms with van der Waals surface area (Å²) in [6.07, 6.45) is -4.46. The number of thiophene rings is 1. The van der Waals surface area contributed by atoms with Crippen LogP contribution in [-0.2, 0) is 11.0 Å². The molecule has 2 fully saturated rings. The molecular formula is C33H31F6N7O2S. The van der Waals surface area contributed by atoms with Crippen molar-refractivity contribution in [3.63, 3.8) is 0 Å². The first kappa shape index (κ1) is 34.3. The quantitative estimate of drug-likeness (QED) is 0.177. The summed E-state index contributed by atoms with van der Waals surface area (Å²) in [6, 6.07) is 2.79. The molecule has 0 unspecified atom stereocenters. The lowest BCUT2D eigenvalue weighted by atomic mass is 9.92. The number of rotatable bonds is 7. The molecule has 49 heavy (non-hydrogen) atoms. The van der Waals surface area contributed by atoms with E-state index in [0.717, 1.165) is 18.2 Å². The number of nitriles is 1. The molecule has 2 N–H and O–H groups in total. The lowest BCUT2D eigenvalue weighted by Crippen LogP contribution is -2.43. The lowest BCUT2D eigenvalue weighted by Gasteiger charge is -2.32. The summed E-state index contributed by atoms with van der Waals surface area (Å²) in [7, 11) is 3.29. The van der Waals surface area contributed by atoms with Gasteiger partial charge in [-0.2, -0.15) is 28.4 Å². The molecule has 1 amide bonds. The van der Waals surface area contributed by atoms with E-state index in [2.05, 4.69) is 16.5 Å². The monoisotopic (exact) mass is 703 g/mol. The number of nitrogen functional groups attached to an aromatic ring is 1. The van der Waals surface area contributed by atoms with Gasteiger partial charge in [0.15, 0.2) is 5.82 Å². The topological polar surface area (TPSA) is 112 Å². The molecular weight excluding hydrogens is 672 g/mol. The highest BCUT2D eigenvalue weighted by molar-refractivity contribution is 7.23. The van der Waals surface area contributed by atoms with Crippen LogP contribution in [0, 0.1) is 23.0 Å². The highest BCUT2D eigenvalue weighted by Gasteiger charge is 2.40. The van der Waals surface area contributed by atoms with Gasteiger partial charge in [0, 0.05) is 48.6 Å². The SMILES string of the molecule is C=CC(=O)N1CC[C@@H](N(C)c2nc(OC[C@@H]3C[C@@H](F)CN3C)nc3c(F)c(-c4ccc(F)c5sc(N)c(C#N)c45)c(C(F)(F)F)cc23)[C@@H]1C. The lowest BCUT2D eigenvalue weighted by molar-refractivity contribution is -0.137. The van der Waals surface area contributed by atoms with Crippen molar-refractivity contribution >= 4 is 49.1 Å². The van der Waals surface area contributed by atoms with Gasteiger partial charge in [-0.1, -0.05) is 12.6 Å². The fraction of sp³-hybridized carbons (Fsp3) is 0.394. The van der Waals surface area contributed by atoms with Crippen LogP contribution in [0.1, 0.15) is 30.9 Å². The van der Waals surface area contributed by atoms with E-state index in [4.69, 9.17) is 10.5 Å². The van der Waals surface area contributed by atoms with Gasteiger partial charge in [0.05, 0.1) is 21.9 Å². The zero-order chi connectivity index (χ0) is 35.5. The highest BCUT2D eigenvalue weighted by Crippen LogP contribution is 2.48. The smallest absolute Gasteiger partial charge is 0.417 e. The number of likely N-dealkylation sites (tertiary alicyclic amines) is 2. The summed E-state index contributed by atoms with van der Waals surface area (Å²) in [5.41, 5.74) is 2.37. The molecule has 0 spiro atoms. The molecule has 4 heterocycles. The van der Waals surface area contributed by atoms with E-state index < -0.39 is 58.3 Å². The number of nitrogens with zero attached hydrogens (tertiary/aromatic N) is 6. The molecule has 0 radical (unpaired) electrons. The average molecular weight is 704 g/mol. The number of carbonyl (C=O) groups excluding carboxylic acids is 1. The second kappa shape index (κ2) is 12.7. The third-order valence-corrected chi connectivity index (χ3v) is 10.5. The third kappa shape index (κ3) is 5.88. The van der Waals surface area contributed by atoms with Crippen LogP contribution in [0.25, 0.3) is 32.1 Å². The Labute approximate surface area is 281 Å². The standard InChI is InChI=1S/C33H31F6N7O2S/c1-5-24(47)46-9-8-23(15(46)2)45(4)31-19-11-21(33(37,38)39)26(18-6-7-22(35)29-25(18)20(12-40)30(41)49-29)27(36)28(19)42-32(43-31)48-14-17-10-16(34)13-44(17)3/h5-7,11,15-17,23H,1,8-10,13-14,41H2,2-4H3/t15-,16+,17-,23+/m0/s1. The zero-order valence-electron chi connectivity index (χ0n) is 26.6. The Kier molecular flexibility index (Phi) is 8.86. The fourth-order valence-electron chi connectivity index (χ4n) is 6.92. The van der Waals surface area contributed by atoms with Gasteiger partial charge in [0.2, 0.25) is 5.91 Å². The van der Waals surface area contributed by atoms with Gasteiger partial charge in [-0.25, -0.2) is 13.2 Å². The molecule has 2 aliphatic rings. The van der Waals surface area contributed by atoms with Crippen LogP contribution in [0.4, 0.5) is 37.2 Å². The maximum Gasteiger partial charge on any atom is 0.417 e. The third-order valence-electron chi connectivity index (χ3n) is 9.44. The van der Waals surface area contributed by atoms with E-state index in [1.165, 1.54) is 6.08 Å². The number of alkyl halides is 4. The van der Waals surface area contributed by atoms with Gasteiger partial charge in [0.25, 0.3) is 0 Å². The Bertz CT molecular complexity index is 2030. The predicted molar refractivity (Wildman–Crippen MR) is 174 cm³/mol. The summed E-state index contributed by atoms with van der Waals surface area (Å²) in [4.78, 5) is 26.0. The molecule has 16 heteroatoms. The van der Waals surface area contributed by atoms with Gasteiger partial charge in [-0.3, -0.25) is 9.69 Å². The van der Waals surface area contributed by atoms with Crippen LogP contribution in [0.3, 0.4) is 0 Å². The number of benzene rings is 2. The number of carbonyl (C=O) groups is 1. The number of fused-ring (bicyclic) bond motifs is 2. The van der Waals surface area contributed by atoms with Gasteiger partial charge < -0.3 is 20.3 Å². The molecule has 0 bridgehead atoms. The summed E-state index contributed by atoms with van der Waals surface area (Å²) in [5.74, 6) is -2.66. The van der Waals surface area contributed by atoms with Gasteiger partial charge in [-0.05, 0) is 50.6 Å². The van der Waals surface area contributed by atoms with Crippen LogP contribution in [0.5, 0.6) is 6.01 Å². The van der Waals surface area contributed by atoms with Crippen LogP contribution >= 0.6 is 11.3 Å². The van der Waals surface area contributed by atoms with Crippen molar-refractivity contribution in [1.82, 2.24) is 19.8 Å². The Morgan fingerprint density at radius 3 is 2.67 bits per heavy atom. The molecule has 2 aliphatic heterocycles. The van der Waals surface area contributed by atoms with Crippen molar-refractivity contribution in [3.8, 4) is 23.2 Å². The maximum atomic E-state index is 17.0. The van der Waals surface area contributed by atoms with Crippen LogP contribution in [-0.4, -0.2) is 83.8 Å². The maximum absolute atomic E-state index is 17.0. The Hall–Kier alpha value is -4.62. The van der Waals surface area contributed by atoms with Gasteiger partial charge in [0.1, 0.15) is 41.0 Å². The minimum Gasteiger partial charge on any atom is -0.462 e. The number of hydrogen-bond donors (Lipinski definition) is 1. The molecule has 4 atom stereocenters. The van der Waals surface area contributed by atoms with Crippen molar-refractivity contribution in [2.75, 3.05) is 44.4 Å². The number of likely N-dealkylation sites (N-methyl/N-ethyl adjacent to an activating group) is 2. The van der Waals surface area contributed by atoms with E-state index in [-0.39, 0.29) is 69.4 Å². The Morgan fingerprint density at radius 1 is 1.31 bits per heavy atom. The average Bonchev–Trinajstić information content (AvgIpc) is 3.71. The second-order valence-corrected chi connectivity index (χ2v) is 13.3. The molecule has 0 aliphatic carbocycles. The summed E-state index contributed by atoms with van der Waals surface area (Å²) in [6.45, 7) is 5.75. The fourth-order valence-corrected chi connectivity index (χ4v) is 7.87. The molecule has 9 nitrogen and oxygen atoms in total. The highest BCUT2D eigenvalue weighted by atomic mass is 32.1. The Morgan fingerprint density at radius 2 is 2.04 bits per heavy atom. The van der Waals surface area contributed by atoms with Crippen molar-refractivity contribution in [2.24, 2.45) is 0 Å². The number of anilines is 2. The second-order valence-electron chi connectivity index (χ2n) is 12.3. The van der Waals surface area contributed by atoms with Crippen molar-refractivity contribution < 1.29 is 35.9 Å². The van der Waals surface area contributed by atoms with E-state index in [1.54, 1.807) is 41.8 Å². The van der Waals surface area contributed by atoms with Crippen molar-refractivity contribution in [3.05, 3.63) is 53.6 Å². The summed E-state index contributed by atoms with van der Waals surface area (Å²) in [5, 5.41) is 9.10. The van der Waals surface area contributed by atoms with E-state index in [1.807, 2.05) is 0 Å². The van der Waals surface area contributed by atoms with Gasteiger partial charge in [-0.15, -0.1) is 11.3 Å². The number of aromatic nitrogens is 2. The molecule has 2 aromatic carbocycles. The molecule has 6 rings (SSSR count). The molecule has 4 aromatic rings. The molecule has 2 aromatic heterocycles. The Balaban J connectivity index is 1.59. The van der Waals surface area contributed by atoms with E-state index in [9.17, 15) is 32.0 Å². The first-order chi connectivity index (χ1) is 23.2. The van der Waals surface area contributed by atoms with Crippen molar-refractivity contribution in [2.45, 2.75) is 50.2 Å². The number of ether oxygens (including phenoxy) is 1. The largest absolute Gasteiger partial charge is 0.462 e. The van der Waals surface area contributed by atoms with Crippen LogP contribution < -0.4 is 15.4 Å². The van der Waals surface area contributed by atoms with Crippen LogP contribution in [0.15, 0.2) is 30.9 Å². The zero-order valence-corrected chi connectivity index (χ0v) is 27.4.